The number of pyridine rings is 1. The molecule has 1 atom stereocenters. The summed E-state index contributed by atoms with van der Waals surface area (Å²) in [4.78, 5) is 21.1. The maximum atomic E-state index is 12.0. The lowest BCUT2D eigenvalue weighted by Crippen LogP contribution is -2.50. The van der Waals surface area contributed by atoms with Crippen molar-refractivity contribution in [2.45, 2.75) is 6.17 Å². The van der Waals surface area contributed by atoms with Gasteiger partial charge in [0.1, 0.15) is 12.0 Å². The minimum absolute atomic E-state index is 0.00887. The van der Waals surface area contributed by atoms with Crippen molar-refractivity contribution in [3.8, 4) is 0 Å². The summed E-state index contributed by atoms with van der Waals surface area (Å²) in [5.74, 6) is 1.06. The van der Waals surface area contributed by atoms with Gasteiger partial charge in [0, 0.05) is 43.5 Å². The SMILES string of the molecule is O=C1NC(N2CCN(c3ccccn3)CC2)c2ccccc21. The molecule has 1 amide bonds. The zero-order chi connectivity index (χ0) is 14.9. The van der Waals surface area contributed by atoms with Gasteiger partial charge in [-0.2, -0.15) is 0 Å². The Balaban J connectivity index is 1.48. The summed E-state index contributed by atoms with van der Waals surface area (Å²) in [6, 6.07) is 13.9. The van der Waals surface area contributed by atoms with Crippen molar-refractivity contribution in [2.75, 3.05) is 31.1 Å². The van der Waals surface area contributed by atoms with E-state index in [1.165, 1.54) is 0 Å². The lowest BCUT2D eigenvalue weighted by Gasteiger charge is -2.38. The van der Waals surface area contributed by atoms with Gasteiger partial charge in [-0.05, 0) is 18.2 Å². The average molecular weight is 294 g/mol. The molecule has 3 heterocycles. The molecule has 5 nitrogen and oxygen atoms in total. The highest BCUT2D eigenvalue weighted by molar-refractivity contribution is 5.99. The summed E-state index contributed by atoms with van der Waals surface area (Å²) < 4.78 is 0. The Morgan fingerprint density at radius 3 is 2.55 bits per heavy atom. The number of benzene rings is 1. The molecule has 1 aromatic heterocycles. The maximum Gasteiger partial charge on any atom is 0.253 e. The number of carbonyl (C=O) groups excluding carboxylic acids is 1. The number of anilines is 1. The molecule has 5 heteroatoms. The number of amides is 1. The molecular formula is C17H18N4O. The first-order valence-corrected chi connectivity index (χ1v) is 7.63. The Morgan fingerprint density at radius 2 is 1.77 bits per heavy atom. The number of carbonyl (C=O) groups is 1. The summed E-state index contributed by atoms with van der Waals surface area (Å²) in [6.45, 7) is 3.67. The normalized spacial score (nSPS) is 21.5. The zero-order valence-corrected chi connectivity index (χ0v) is 12.3. The van der Waals surface area contributed by atoms with Crippen LogP contribution in [0.1, 0.15) is 22.1 Å². The third-order valence-corrected chi connectivity index (χ3v) is 4.42. The van der Waals surface area contributed by atoms with Crippen LogP contribution in [0.2, 0.25) is 0 Å². The van der Waals surface area contributed by atoms with Crippen LogP contribution < -0.4 is 10.2 Å². The first-order chi connectivity index (χ1) is 10.8. The summed E-state index contributed by atoms with van der Waals surface area (Å²) in [5, 5.41) is 3.10. The van der Waals surface area contributed by atoms with Gasteiger partial charge < -0.3 is 10.2 Å². The van der Waals surface area contributed by atoms with Crippen molar-refractivity contribution in [3.63, 3.8) is 0 Å². The third kappa shape index (κ3) is 2.23. The Labute approximate surface area is 129 Å². The first kappa shape index (κ1) is 13.3. The molecule has 1 saturated heterocycles. The Morgan fingerprint density at radius 1 is 1.00 bits per heavy atom. The molecule has 0 radical (unpaired) electrons. The molecule has 2 aliphatic heterocycles. The number of piperazine rings is 1. The molecule has 1 aromatic carbocycles. The predicted molar refractivity (Wildman–Crippen MR) is 84.7 cm³/mol. The van der Waals surface area contributed by atoms with Gasteiger partial charge in [-0.1, -0.05) is 24.3 Å². The van der Waals surface area contributed by atoms with Crippen LogP contribution in [0.15, 0.2) is 48.7 Å². The van der Waals surface area contributed by atoms with Crippen LogP contribution in [-0.2, 0) is 0 Å². The number of rotatable bonds is 2. The second-order valence-corrected chi connectivity index (χ2v) is 5.67. The molecule has 1 unspecified atom stereocenters. The van der Waals surface area contributed by atoms with E-state index in [0.29, 0.717) is 0 Å². The van der Waals surface area contributed by atoms with E-state index in [1.807, 2.05) is 48.7 Å². The largest absolute Gasteiger partial charge is 0.354 e. The van der Waals surface area contributed by atoms with Crippen molar-refractivity contribution in [1.29, 1.82) is 0 Å². The van der Waals surface area contributed by atoms with Gasteiger partial charge in [-0.15, -0.1) is 0 Å². The Hall–Kier alpha value is -2.40. The molecular weight excluding hydrogens is 276 g/mol. The highest BCUT2D eigenvalue weighted by Crippen LogP contribution is 2.29. The highest BCUT2D eigenvalue weighted by Gasteiger charge is 2.33. The van der Waals surface area contributed by atoms with Gasteiger partial charge in [0.05, 0.1) is 0 Å². The van der Waals surface area contributed by atoms with Gasteiger partial charge in [0.15, 0.2) is 0 Å². The Bertz CT molecular complexity index is 680. The molecule has 0 bridgehead atoms. The van der Waals surface area contributed by atoms with Crippen molar-refractivity contribution in [3.05, 3.63) is 59.8 Å². The van der Waals surface area contributed by atoms with E-state index in [9.17, 15) is 4.79 Å². The first-order valence-electron chi connectivity index (χ1n) is 7.63. The molecule has 22 heavy (non-hydrogen) atoms. The fourth-order valence-electron chi connectivity index (χ4n) is 3.26. The van der Waals surface area contributed by atoms with E-state index >= 15 is 0 Å². The van der Waals surface area contributed by atoms with Crippen molar-refractivity contribution >= 4 is 11.7 Å². The second-order valence-electron chi connectivity index (χ2n) is 5.67. The molecule has 0 aliphatic carbocycles. The van der Waals surface area contributed by atoms with E-state index in [1.54, 1.807) is 0 Å². The van der Waals surface area contributed by atoms with E-state index in [-0.39, 0.29) is 12.1 Å². The number of hydrogen-bond donors (Lipinski definition) is 1. The van der Waals surface area contributed by atoms with Crippen molar-refractivity contribution in [1.82, 2.24) is 15.2 Å². The lowest BCUT2D eigenvalue weighted by atomic mass is 10.1. The fourth-order valence-corrected chi connectivity index (χ4v) is 3.26. The van der Waals surface area contributed by atoms with Crippen LogP contribution in [0.5, 0.6) is 0 Å². The third-order valence-electron chi connectivity index (χ3n) is 4.42. The second kappa shape index (κ2) is 5.42. The van der Waals surface area contributed by atoms with Gasteiger partial charge in [0.25, 0.3) is 5.91 Å². The van der Waals surface area contributed by atoms with Crippen LogP contribution in [0.25, 0.3) is 0 Å². The van der Waals surface area contributed by atoms with Crippen molar-refractivity contribution < 1.29 is 4.79 Å². The molecule has 1 fully saturated rings. The summed E-state index contributed by atoms with van der Waals surface area (Å²) >= 11 is 0. The topological polar surface area (TPSA) is 48.5 Å². The smallest absolute Gasteiger partial charge is 0.253 e. The number of fused-ring (bicyclic) bond motifs is 1. The van der Waals surface area contributed by atoms with Crippen LogP contribution in [0.4, 0.5) is 5.82 Å². The zero-order valence-electron chi connectivity index (χ0n) is 12.3. The van der Waals surface area contributed by atoms with Crippen LogP contribution >= 0.6 is 0 Å². The number of hydrogen-bond acceptors (Lipinski definition) is 4. The van der Waals surface area contributed by atoms with Gasteiger partial charge in [-0.3, -0.25) is 9.69 Å². The van der Waals surface area contributed by atoms with Gasteiger partial charge >= 0.3 is 0 Å². The van der Waals surface area contributed by atoms with E-state index in [4.69, 9.17) is 0 Å². The number of nitrogens with zero attached hydrogens (tertiary/aromatic N) is 3. The molecule has 112 valence electrons. The van der Waals surface area contributed by atoms with Gasteiger partial charge in [-0.25, -0.2) is 4.98 Å². The molecule has 1 N–H and O–H groups in total. The van der Waals surface area contributed by atoms with Crippen LogP contribution in [0, 0.1) is 0 Å². The van der Waals surface area contributed by atoms with E-state index in [0.717, 1.165) is 43.1 Å². The number of aromatic nitrogens is 1. The quantitative estimate of drug-likeness (QED) is 0.915. The van der Waals surface area contributed by atoms with Gasteiger partial charge in [0.2, 0.25) is 0 Å². The predicted octanol–water partition coefficient (Wildman–Crippen LogP) is 1.65. The minimum atomic E-state index is 0.00887. The summed E-state index contributed by atoms with van der Waals surface area (Å²) in [6.07, 6.45) is 1.84. The minimum Gasteiger partial charge on any atom is -0.354 e. The van der Waals surface area contributed by atoms with Crippen LogP contribution in [-0.4, -0.2) is 42.0 Å². The monoisotopic (exact) mass is 294 g/mol. The molecule has 4 rings (SSSR count). The van der Waals surface area contributed by atoms with E-state index in [2.05, 4.69) is 20.1 Å². The standard InChI is InChI=1S/C17H18N4O/c22-17-14-6-2-1-5-13(14)16(19-17)21-11-9-20(10-12-21)15-7-3-4-8-18-15/h1-8,16H,9-12H2,(H,19,22). The summed E-state index contributed by atoms with van der Waals surface area (Å²) in [5.41, 5.74) is 1.90. The fraction of sp³-hybridized carbons (Fsp3) is 0.294. The molecule has 2 aromatic rings. The molecule has 2 aliphatic rings. The molecule has 0 saturated carbocycles. The molecule has 0 spiro atoms. The van der Waals surface area contributed by atoms with E-state index < -0.39 is 0 Å². The lowest BCUT2D eigenvalue weighted by molar-refractivity contribution is 0.0887. The van der Waals surface area contributed by atoms with Crippen molar-refractivity contribution in [2.24, 2.45) is 0 Å². The maximum absolute atomic E-state index is 12.0. The Kier molecular flexibility index (Phi) is 3.27. The highest BCUT2D eigenvalue weighted by atomic mass is 16.2. The summed E-state index contributed by atoms with van der Waals surface area (Å²) in [7, 11) is 0. The number of nitrogens with one attached hydrogen (secondary N) is 1. The average Bonchev–Trinajstić information content (AvgIpc) is 2.93. The van der Waals surface area contributed by atoms with Crippen LogP contribution in [0.3, 0.4) is 0 Å².